The molecule has 2 aromatic rings. The summed E-state index contributed by atoms with van der Waals surface area (Å²) in [6.07, 6.45) is 4.54. The molecule has 0 aliphatic heterocycles. The Kier molecular flexibility index (Phi) is 5.82. The van der Waals surface area contributed by atoms with Crippen molar-refractivity contribution in [1.29, 1.82) is 0 Å². The van der Waals surface area contributed by atoms with Gasteiger partial charge in [-0.1, -0.05) is 12.1 Å². The van der Waals surface area contributed by atoms with E-state index in [9.17, 15) is 0 Å². The van der Waals surface area contributed by atoms with Gasteiger partial charge in [0.25, 0.3) is 0 Å². The molecule has 0 saturated carbocycles. The van der Waals surface area contributed by atoms with Crippen molar-refractivity contribution in [3.05, 3.63) is 53.1 Å². The lowest BCUT2D eigenvalue weighted by Crippen LogP contribution is -2.13. The van der Waals surface area contributed by atoms with Gasteiger partial charge in [-0.3, -0.25) is 4.99 Å². The first kappa shape index (κ1) is 18.3. The molecule has 0 bridgehead atoms. The number of benzene rings is 2. The van der Waals surface area contributed by atoms with E-state index in [-0.39, 0.29) is 0 Å². The Labute approximate surface area is 156 Å². The topological polar surface area (TPSA) is 34.1 Å². The average Bonchev–Trinajstić information content (AvgIpc) is 2.88. The molecule has 0 radical (unpaired) electrons. The maximum atomic E-state index is 5.52. The summed E-state index contributed by atoms with van der Waals surface area (Å²) in [6, 6.07) is 12.5. The first-order valence-electron chi connectivity index (χ1n) is 9.18. The van der Waals surface area contributed by atoms with Crippen molar-refractivity contribution in [2.75, 3.05) is 33.2 Å². The fraction of sp³-hybridized carbons (Fsp3) is 0.409. The predicted molar refractivity (Wildman–Crippen MR) is 108 cm³/mol. The highest BCUT2D eigenvalue weighted by Gasteiger charge is 2.17. The largest absolute Gasteiger partial charge is 0.497 e. The van der Waals surface area contributed by atoms with Gasteiger partial charge in [0.15, 0.2) is 0 Å². The first-order valence-corrected chi connectivity index (χ1v) is 9.18. The third-order valence-electron chi connectivity index (χ3n) is 4.97. The molecule has 0 N–H and O–H groups in total. The van der Waals surface area contributed by atoms with Crippen LogP contribution in [0.2, 0.25) is 0 Å². The number of anilines is 1. The summed E-state index contributed by atoms with van der Waals surface area (Å²) in [5, 5.41) is 0. The number of aliphatic imine (C=N–C) groups is 1. The normalized spacial score (nSPS) is 15.3. The summed E-state index contributed by atoms with van der Waals surface area (Å²) >= 11 is 0. The van der Waals surface area contributed by atoms with E-state index in [2.05, 4.69) is 37.2 Å². The van der Waals surface area contributed by atoms with E-state index in [1.165, 1.54) is 35.4 Å². The SMILES string of the molecule is COc1ccc(CN=C2CCCCc3c2cccc3N(C)C)c(OC)c1. The van der Waals surface area contributed by atoms with Crippen molar-refractivity contribution < 1.29 is 9.47 Å². The fourth-order valence-corrected chi connectivity index (χ4v) is 3.58. The van der Waals surface area contributed by atoms with Crippen LogP contribution in [0, 0.1) is 0 Å². The molecule has 2 aromatic carbocycles. The maximum absolute atomic E-state index is 5.52. The highest BCUT2D eigenvalue weighted by Crippen LogP contribution is 2.30. The Bertz CT molecular complexity index is 797. The molecule has 0 saturated heterocycles. The minimum Gasteiger partial charge on any atom is -0.497 e. The highest BCUT2D eigenvalue weighted by molar-refractivity contribution is 6.03. The van der Waals surface area contributed by atoms with Crippen LogP contribution in [0.25, 0.3) is 0 Å². The Balaban J connectivity index is 1.94. The number of rotatable bonds is 5. The van der Waals surface area contributed by atoms with Crippen molar-refractivity contribution in [1.82, 2.24) is 0 Å². The molecular formula is C22H28N2O2. The molecule has 4 heteroatoms. The molecular weight excluding hydrogens is 324 g/mol. The van der Waals surface area contributed by atoms with Crippen LogP contribution in [0.15, 0.2) is 41.4 Å². The minimum absolute atomic E-state index is 0.619. The molecule has 0 aromatic heterocycles. The Morgan fingerprint density at radius 3 is 2.54 bits per heavy atom. The quantitative estimate of drug-likeness (QED) is 0.744. The number of hydrogen-bond donors (Lipinski definition) is 0. The molecule has 4 nitrogen and oxygen atoms in total. The molecule has 0 fully saturated rings. The Hall–Kier alpha value is -2.49. The molecule has 0 unspecified atom stereocenters. The number of nitrogens with zero attached hydrogens (tertiary/aromatic N) is 2. The summed E-state index contributed by atoms with van der Waals surface area (Å²) in [5.41, 5.74) is 6.32. The summed E-state index contributed by atoms with van der Waals surface area (Å²) in [7, 11) is 7.58. The van der Waals surface area contributed by atoms with Crippen LogP contribution in [-0.4, -0.2) is 34.0 Å². The number of ether oxygens (including phenoxy) is 2. The van der Waals surface area contributed by atoms with Gasteiger partial charge in [0.05, 0.1) is 20.8 Å². The predicted octanol–water partition coefficient (Wildman–Crippen LogP) is 4.49. The molecule has 26 heavy (non-hydrogen) atoms. The Morgan fingerprint density at radius 2 is 1.81 bits per heavy atom. The van der Waals surface area contributed by atoms with E-state index >= 15 is 0 Å². The molecule has 0 amide bonds. The monoisotopic (exact) mass is 352 g/mol. The van der Waals surface area contributed by atoms with Gasteiger partial charge in [0.2, 0.25) is 0 Å². The van der Waals surface area contributed by atoms with Crippen LogP contribution in [0.4, 0.5) is 5.69 Å². The van der Waals surface area contributed by atoms with Gasteiger partial charge in [0.1, 0.15) is 11.5 Å². The maximum Gasteiger partial charge on any atom is 0.127 e. The molecule has 1 aliphatic carbocycles. The molecule has 0 atom stereocenters. The van der Waals surface area contributed by atoms with E-state index in [0.717, 1.165) is 29.9 Å². The van der Waals surface area contributed by atoms with Crippen molar-refractivity contribution in [2.24, 2.45) is 4.99 Å². The van der Waals surface area contributed by atoms with Crippen LogP contribution >= 0.6 is 0 Å². The smallest absolute Gasteiger partial charge is 0.127 e. The second-order valence-corrected chi connectivity index (χ2v) is 6.85. The minimum atomic E-state index is 0.619. The lowest BCUT2D eigenvalue weighted by atomic mass is 9.99. The van der Waals surface area contributed by atoms with Crippen molar-refractivity contribution in [3.8, 4) is 11.5 Å². The lowest BCUT2D eigenvalue weighted by molar-refractivity contribution is 0.391. The van der Waals surface area contributed by atoms with Crippen LogP contribution in [-0.2, 0) is 13.0 Å². The van der Waals surface area contributed by atoms with Gasteiger partial charge in [-0.05, 0) is 49.4 Å². The van der Waals surface area contributed by atoms with Crippen LogP contribution in [0.5, 0.6) is 11.5 Å². The number of hydrogen-bond acceptors (Lipinski definition) is 4. The van der Waals surface area contributed by atoms with Gasteiger partial charge in [-0.25, -0.2) is 0 Å². The summed E-state index contributed by atoms with van der Waals surface area (Å²) in [6.45, 7) is 0.619. The van der Waals surface area contributed by atoms with Gasteiger partial charge in [0, 0.05) is 42.7 Å². The lowest BCUT2D eigenvalue weighted by Gasteiger charge is -2.19. The molecule has 3 rings (SSSR count). The highest BCUT2D eigenvalue weighted by atomic mass is 16.5. The van der Waals surface area contributed by atoms with E-state index < -0.39 is 0 Å². The van der Waals surface area contributed by atoms with Crippen LogP contribution < -0.4 is 14.4 Å². The third-order valence-corrected chi connectivity index (χ3v) is 4.97. The second kappa shape index (κ2) is 8.26. The van der Waals surface area contributed by atoms with E-state index in [4.69, 9.17) is 14.5 Å². The molecule has 1 aliphatic rings. The van der Waals surface area contributed by atoms with Crippen molar-refractivity contribution in [2.45, 2.75) is 32.2 Å². The second-order valence-electron chi connectivity index (χ2n) is 6.85. The molecule has 0 heterocycles. The zero-order valence-corrected chi connectivity index (χ0v) is 16.2. The van der Waals surface area contributed by atoms with Crippen molar-refractivity contribution in [3.63, 3.8) is 0 Å². The van der Waals surface area contributed by atoms with Gasteiger partial charge < -0.3 is 14.4 Å². The van der Waals surface area contributed by atoms with Crippen LogP contribution in [0.3, 0.4) is 0 Å². The van der Waals surface area contributed by atoms with Gasteiger partial charge in [-0.2, -0.15) is 0 Å². The molecule has 138 valence electrons. The van der Waals surface area contributed by atoms with Crippen molar-refractivity contribution >= 4 is 11.4 Å². The third kappa shape index (κ3) is 3.85. The standard InChI is InChI=1S/C22H28N2O2/c1-24(2)21-11-7-9-18-19(21)8-5-6-10-20(18)23-15-16-12-13-17(25-3)14-22(16)26-4/h7,9,11-14H,5-6,8,10,15H2,1-4H3. The number of methoxy groups -OCH3 is 2. The summed E-state index contributed by atoms with van der Waals surface area (Å²) in [5.74, 6) is 1.62. The van der Waals surface area contributed by atoms with Crippen LogP contribution in [0.1, 0.15) is 36.0 Å². The first-order chi connectivity index (χ1) is 12.6. The summed E-state index contributed by atoms with van der Waals surface area (Å²) < 4.78 is 10.8. The van der Waals surface area contributed by atoms with Gasteiger partial charge in [-0.15, -0.1) is 0 Å². The van der Waals surface area contributed by atoms with E-state index in [1.54, 1.807) is 14.2 Å². The molecule has 0 spiro atoms. The van der Waals surface area contributed by atoms with E-state index in [0.29, 0.717) is 6.54 Å². The van der Waals surface area contributed by atoms with E-state index in [1.807, 2.05) is 18.2 Å². The fourth-order valence-electron chi connectivity index (χ4n) is 3.58. The summed E-state index contributed by atoms with van der Waals surface area (Å²) in [4.78, 5) is 7.20. The number of fused-ring (bicyclic) bond motifs is 1. The zero-order valence-electron chi connectivity index (χ0n) is 16.2. The van der Waals surface area contributed by atoms with Gasteiger partial charge >= 0.3 is 0 Å². The average molecular weight is 352 g/mol. The zero-order chi connectivity index (χ0) is 18.5. The Morgan fingerprint density at radius 1 is 1.00 bits per heavy atom.